The van der Waals surface area contributed by atoms with E-state index in [4.69, 9.17) is 0 Å². The number of hydrogen-bond acceptors (Lipinski definition) is 3. The van der Waals surface area contributed by atoms with Gasteiger partial charge in [-0.3, -0.25) is 14.5 Å². The standard InChI is InChI=1S/C23H31N3O3/c1-2-13-23(19-10-4-3-5-11-19)21(28)26(22(29)24-23)16-20(27)25-14-12-17-8-6-7-9-18(17)15-25/h3-5,10-11,17-18H,2,6-9,12-16H2,1H3,(H,24,29)/t17-,18+,23-/m0/s1. The van der Waals surface area contributed by atoms with Crippen LogP contribution in [0.25, 0.3) is 0 Å². The van der Waals surface area contributed by atoms with Crippen molar-refractivity contribution in [3.63, 3.8) is 0 Å². The summed E-state index contributed by atoms with van der Waals surface area (Å²) in [6, 6.07) is 8.90. The third-order valence-electron chi connectivity index (χ3n) is 7.00. The van der Waals surface area contributed by atoms with Crippen LogP contribution in [-0.4, -0.2) is 47.3 Å². The molecule has 0 spiro atoms. The minimum absolute atomic E-state index is 0.113. The maximum Gasteiger partial charge on any atom is 0.325 e. The lowest BCUT2D eigenvalue weighted by molar-refractivity contribution is -0.141. The summed E-state index contributed by atoms with van der Waals surface area (Å²) < 4.78 is 0. The van der Waals surface area contributed by atoms with Crippen LogP contribution in [0.4, 0.5) is 4.79 Å². The fourth-order valence-electron chi connectivity index (χ4n) is 5.44. The molecule has 3 aliphatic rings. The van der Waals surface area contributed by atoms with Crippen LogP contribution < -0.4 is 5.32 Å². The summed E-state index contributed by atoms with van der Waals surface area (Å²) >= 11 is 0. The molecule has 2 heterocycles. The Kier molecular flexibility index (Phi) is 5.61. The molecular weight excluding hydrogens is 366 g/mol. The number of imide groups is 1. The summed E-state index contributed by atoms with van der Waals surface area (Å²) in [5, 5.41) is 2.90. The molecule has 3 atom stereocenters. The Balaban J connectivity index is 1.48. The molecule has 1 aliphatic carbocycles. The molecule has 3 fully saturated rings. The molecule has 6 heteroatoms. The van der Waals surface area contributed by atoms with Gasteiger partial charge in [0.2, 0.25) is 5.91 Å². The fourth-order valence-corrected chi connectivity index (χ4v) is 5.44. The highest BCUT2D eigenvalue weighted by molar-refractivity contribution is 6.09. The highest BCUT2D eigenvalue weighted by Crippen LogP contribution is 2.37. The topological polar surface area (TPSA) is 69.7 Å². The Morgan fingerprint density at radius 2 is 1.83 bits per heavy atom. The lowest BCUT2D eigenvalue weighted by atomic mass is 9.75. The molecule has 1 N–H and O–H groups in total. The molecule has 0 bridgehead atoms. The monoisotopic (exact) mass is 397 g/mol. The van der Waals surface area contributed by atoms with Crippen molar-refractivity contribution < 1.29 is 14.4 Å². The second-order valence-corrected chi connectivity index (χ2v) is 8.78. The molecule has 29 heavy (non-hydrogen) atoms. The first-order valence-electron chi connectivity index (χ1n) is 11.0. The van der Waals surface area contributed by atoms with Crippen molar-refractivity contribution in [3.8, 4) is 0 Å². The van der Waals surface area contributed by atoms with Crippen LogP contribution in [-0.2, 0) is 15.1 Å². The summed E-state index contributed by atoms with van der Waals surface area (Å²) in [4.78, 5) is 42.0. The minimum Gasteiger partial charge on any atom is -0.341 e. The predicted octanol–water partition coefficient (Wildman–Crippen LogP) is 3.27. The second-order valence-electron chi connectivity index (χ2n) is 8.78. The van der Waals surface area contributed by atoms with Gasteiger partial charge in [0.1, 0.15) is 12.1 Å². The number of urea groups is 1. The van der Waals surface area contributed by atoms with Gasteiger partial charge in [-0.2, -0.15) is 0 Å². The summed E-state index contributed by atoms with van der Waals surface area (Å²) in [6.07, 6.45) is 7.31. The van der Waals surface area contributed by atoms with Crippen molar-refractivity contribution >= 4 is 17.8 Å². The van der Waals surface area contributed by atoms with Crippen LogP contribution in [0.2, 0.25) is 0 Å². The van der Waals surface area contributed by atoms with E-state index in [1.54, 1.807) is 0 Å². The Morgan fingerprint density at radius 1 is 1.10 bits per heavy atom. The highest BCUT2D eigenvalue weighted by Gasteiger charge is 2.52. The minimum atomic E-state index is -1.07. The van der Waals surface area contributed by atoms with Gasteiger partial charge in [0.05, 0.1) is 0 Å². The van der Waals surface area contributed by atoms with Crippen LogP contribution in [0.5, 0.6) is 0 Å². The first-order valence-corrected chi connectivity index (χ1v) is 11.0. The SMILES string of the molecule is CCC[C@@]1(c2ccccc2)NC(=O)N(CC(=O)N2CC[C@@H]3CCCC[C@@H]3C2)C1=O. The van der Waals surface area contributed by atoms with Crippen LogP contribution in [0.1, 0.15) is 57.4 Å². The molecule has 2 saturated heterocycles. The summed E-state index contributed by atoms with van der Waals surface area (Å²) in [5.74, 6) is 0.891. The molecule has 1 aromatic rings. The van der Waals surface area contributed by atoms with E-state index in [9.17, 15) is 14.4 Å². The lowest BCUT2D eigenvalue weighted by Crippen LogP contribution is -2.49. The number of rotatable bonds is 5. The second kappa shape index (κ2) is 8.17. The molecule has 6 nitrogen and oxygen atoms in total. The maximum absolute atomic E-state index is 13.3. The highest BCUT2D eigenvalue weighted by atomic mass is 16.2. The zero-order valence-corrected chi connectivity index (χ0v) is 17.2. The Morgan fingerprint density at radius 3 is 2.55 bits per heavy atom. The van der Waals surface area contributed by atoms with Crippen molar-refractivity contribution in [1.82, 2.24) is 15.1 Å². The molecule has 4 rings (SSSR count). The van der Waals surface area contributed by atoms with Gasteiger partial charge in [-0.1, -0.05) is 62.9 Å². The van der Waals surface area contributed by atoms with Gasteiger partial charge < -0.3 is 10.2 Å². The third kappa shape index (κ3) is 3.65. The van der Waals surface area contributed by atoms with Crippen molar-refractivity contribution in [2.75, 3.05) is 19.6 Å². The largest absolute Gasteiger partial charge is 0.341 e. The van der Waals surface area contributed by atoms with E-state index in [0.717, 1.165) is 42.3 Å². The maximum atomic E-state index is 13.3. The Labute approximate surface area is 172 Å². The number of carbonyl (C=O) groups excluding carboxylic acids is 3. The molecular formula is C23H31N3O3. The molecule has 4 amide bonds. The van der Waals surface area contributed by atoms with Gasteiger partial charge in [-0.15, -0.1) is 0 Å². The van der Waals surface area contributed by atoms with E-state index in [-0.39, 0.29) is 18.4 Å². The smallest absolute Gasteiger partial charge is 0.325 e. The molecule has 1 saturated carbocycles. The number of carbonyl (C=O) groups is 3. The van der Waals surface area contributed by atoms with E-state index < -0.39 is 11.6 Å². The number of nitrogens with one attached hydrogen (secondary N) is 1. The quantitative estimate of drug-likeness (QED) is 0.775. The molecule has 2 aliphatic heterocycles. The van der Waals surface area contributed by atoms with E-state index in [0.29, 0.717) is 12.3 Å². The number of likely N-dealkylation sites (tertiary alicyclic amines) is 1. The molecule has 0 unspecified atom stereocenters. The molecule has 0 radical (unpaired) electrons. The summed E-state index contributed by atoms with van der Waals surface area (Å²) in [5.41, 5.74) is -0.290. The van der Waals surface area contributed by atoms with Gasteiger partial charge in [0.15, 0.2) is 0 Å². The van der Waals surface area contributed by atoms with Gasteiger partial charge in [0, 0.05) is 13.1 Å². The average molecular weight is 398 g/mol. The molecule has 1 aromatic carbocycles. The summed E-state index contributed by atoms with van der Waals surface area (Å²) in [7, 11) is 0. The number of fused-ring (bicyclic) bond motifs is 1. The van der Waals surface area contributed by atoms with E-state index in [1.165, 1.54) is 25.7 Å². The first kappa shape index (κ1) is 19.9. The van der Waals surface area contributed by atoms with Crippen LogP contribution in [0.3, 0.4) is 0 Å². The van der Waals surface area contributed by atoms with Crippen molar-refractivity contribution in [2.24, 2.45) is 11.8 Å². The Bertz CT molecular complexity index is 781. The Hall–Kier alpha value is -2.37. The van der Waals surface area contributed by atoms with Crippen molar-refractivity contribution in [2.45, 2.75) is 57.4 Å². The van der Waals surface area contributed by atoms with Crippen molar-refractivity contribution in [3.05, 3.63) is 35.9 Å². The number of piperidine rings is 1. The normalized spacial score (nSPS) is 29.6. The van der Waals surface area contributed by atoms with Crippen LogP contribution in [0, 0.1) is 11.8 Å². The zero-order valence-electron chi connectivity index (χ0n) is 17.2. The van der Waals surface area contributed by atoms with Gasteiger partial charge in [-0.05, 0) is 36.7 Å². The third-order valence-corrected chi connectivity index (χ3v) is 7.00. The van der Waals surface area contributed by atoms with Crippen LogP contribution >= 0.6 is 0 Å². The fraction of sp³-hybridized carbons (Fsp3) is 0.609. The van der Waals surface area contributed by atoms with Gasteiger partial charge in [0.25, 0.3) is 5.91 Å². The first-order chi connectivity index (χ1) is 14.0. The number of benzene rings is 1. The molecule has 156 valence electrons. The van der Waals surface area contributed by atoms with E-state index in [2.05, 4.69) is 5.32 Å². The van der Waals surface area contributed by atoms with E-state index in [1.807, 2.05) is 42.2 Å². The van der Waals surface area contributed by atoms with Crippen LogP contribution in [0.15, 0.2) is 30.3 Å². The number of nitrogens with zero attached hydrogens (tertiary/aromatic N) is 2. The average Bonchev–Trinajstić information content (AvgIpc) is 2.99. The van der Waals surface area contributed by atoms with Crippen molar-refractivity contribution in [1.29, 1.82) is 0 Å². The zero-order chi connectivity index (χ0) is 20.4. The number of amides is 4. The lowest BCUT2D eigenvalue weighted by Gasteiger charge is -2.41. The molecule has 0 aromatic heterocycles. The van der Waals surface area contributed by atoms with E-state index >= 15 is 0 Å². The van der Waals surface area contributed by atoms with Gasteiger partial charge >= 0.3 is 6.03 Å². The summed E-state index contributed by atoms with van der Waals surface area (Å²) in [6.45, 7) is 3.33. The van der Waals surface area contributed by atoms with Gasteiger partial charge in [-0.25, -0.2) is 4.79 Å². The number of hydrogen-bond donors (Lipinski definition) is 1. The predicted molar refractivity (Wildman–Crippen MR) is 110 cm³/mol.